The third-order valence-electron chi connectivity index (χ3n) is 22.9. The molecule has 16 atom stereocenters. The summed E-state index contributed by atoms with van der Waals surface area (Å²) in [7, 11) is 0. The Morgan fingerprint density at radius 2 is 0.508 bits per heavy atom. The molecule has 0 amide bonds. The van der Waals surface area contributed by atoms with Crippen molar-refractivity contribution in [3.05, 3.63) is 235 Å². The van der Waals surface area contributed by atoms with Gasteiger partial charge in [0, 0.05) is 57.4 Å². The van der Waals surface area contributed by atoms with Crippen LogP contribution in [0.1, 0.15) is 113 Å². The summed E-state index contributed by atoms with van der Waals surface area (Å²) in [6, 6.07) is 14.0. The lowest BCUT2D eigenvalue weighted by Gasteiger charge is -2.42. The van der Waals surface area contributed by atoms with Gasteiger partial charge in [-0.05, 0) is 90.8 Å². The van der Waals surface area contributed by atoms with Gasteiger partial charge in [-0.3, -0.25) is 19.6 Å². The molecule has 9 aromatic rings. The summed E-state index contributed by atoms with van der Waals surface area (Å²) in [5, 5.41) is 2.09. The molecule has 2 N–H and O–H groups in total. The minimum absolute atomic E-state index is 0.266. The van der Waals surface area contributed by atoms with Crippen molar-refractivity contribution in [2.45, 2.75) is 189 Å². The summed E-state index contributed by atoms with van der Waals surface area (Å²) >= 11 is 0. The van der Waals surface area contributed by atoms with Crippen molar-refractivity contribution in [3.63, 3.8) is 0 Å². The molecule has 8 bridgehead atoms. The molecule has 18 nitrogen and oxygen atoms in total. The molecule has 10 aliphatic heterocycles. The normalized spacial score (nSPS) is 28.7. The number of hydrogen-bond donors (Lipinski definition) is 2. The van der Waals surface area contributed by atoms with Gasteiger partial charge in [-0.25, -0.2) is 87.8 Å². The molecular formula is C82H60F20N6O12. The van der Waals surface area contributed by atoms with E-state index in [-0.39, 0.29) is 11.1 Å². The number of aromatic nitrogens is 4. The van der Waals surface area contributed by atoms with Crippen LogP contribution in [0.5, 0.6) is 0 Å². The second kappa shape index (κ2) is 28.0. The fraction of sp³-hybridized carbons (Fsp3) is 0.366. The van der Waals surface area contributed by atoms with Gasteiger partial charge in [0.2, 0.25) is 23.3 Å². The molecule has 8 fully saturated rings. The quantitative estimate of drug-likeness (QED) is 0.0751. The summed E-state index contributed by atoms with van der Waals surface area (Å²) in [5.41, 5.74) is -22.4. The first kappa shape index (κ1) is 80.2. The smallest absolute Gasteiger partial charge is 0.200 e. The molecule has 0 spiro atoms. The Hall–Kier alpha value is -9.52. The zero-order valence-corrected chi connectivity index (χ0v) is 63.0. The maximum absolute atomic E-state index is 18.0. The number of nitrogens with one attached hydrogen (secondary N) is 2. The number of hydrogen-bond acceptors (Lipinski definition) is 16. The van der Waals surface area contributed by atoms with E-state index in [1.165, 1.54) is 104 Å². The Morgan fingerprint density at radius 3 is 0.783 bits per heavy atom. The van der Waals surface area contributed by atoms with Crippen LogP contribution in [0.2, 0.25) is 0 Å². The summed E-state index contributed by atoms with van der Waals surface area (Å²) in [6.07, 6.45) is -19.7. The van der Waals surface area contributed by atoms with Gasteiger partial charge in [0.15, 0.2) is 129 Å². The standard InChI is InChI=1S/C82H60F20N6O12/c1-79(2)111-71-69(109-77-75(73(71)113-79)115-81(5,6)117-77)65-39-61-31(35-41(83)49(91)57(99)50(92)42(35)84)27-19-21-30(103-27)34(38-47(89)55(97)60(102)56(98)48(38)90)64-68-40(66(108(120-68)24-26-17-13-10-14-18-26)70-72-74(114-80(3,4)112-72)76-78(110-70)118-82(7,8)116-76)62(106-64)32(36-43(85)51(93)58(100)52(94)44(36)86)28-20-22-29(104-28)33(37-45(87)53(95)59(101)54(96)46(37)88)63(105-61)67(39)119-107(65)23-25-15-11-9-12-16-25/h9-22,39-40,65-78,103-104H,23-24H2,1-8H3/t39-,40-,65+,66+,67+,68+,69-,70-,71+,72+,73+,74+,75-,76-,77-,78-/m1/s1. The molecule has 8 saturated heterocycles. The fourth-order valence-electron chi connectivity index (χ4n) is 18.4. The van der Waals surface area contributed by atoms with E-state index in [0.29, 0.717) is 24.3 Å². The minimum Gasteiger partial charge on any atom is -0.354 e. The number of fused-ring (bicyclic) bond motifs is 20. The number of H-pyrrole nitrogens is 2. The molecule has 19 rings (SSSR count). The number of benzene rings is 6. The van der Waals surface area contributed by atoms with Crippen LogP contribution in [0.3, 0.4) is 0 Å². The summed E-state index contributed by atoms with van der Waals surface area (Å²) in [6.45, 7) is 10.6. The predicted octanol–water partition coefficient (Wildman–Crippen LogP) is 17.8. The Morgan fingerprint density at radius 1 is 0.275 bits per heavy atom. The highest BCUT2D eigenvalue weighted by Crippen LogP contribution is 2.62. The largest absolute Gasteiger partial charge is 0.354 e. The highest BCUT2D eigenvalue weighted by Gasteiger charge is 2.69. The number of hydroxylamine groups is 4. The Kier molecular flexibility index (Phi) is 18.7. The van der Waals surface area contributed by atoms with E-state index in [2.05, 4.69) is 9.97 Å². The lowest BCUT2D eigenvalue weighted by molar-refractivity contribution is -0.265. The number of nitrogens with zero attached hydrogens (tertiary/aromatic N) is 4. The van der Waals surface area contributed by atoms with Crippen LogP contribution in [0.4, 0.5) is 87.8 Å². The van der Waals surface area contributed by atoms with Crippen LogP contribution in [0, 0.1) is 116 Å². The zero-order chi connectivity index (χ0) is 85.0. The van der Waals surface area contributed by atoms with Gasteiger partial charge < -0.3 is 57.3 Å². The van der Waals surface area contributed by atoms with Crippen molar-refractivity contribution >= 4 is 22.1 Å². The molecule has 0 unspecified atom stereocenters. The van der Waals surface area contributed by atoms with Crippen LogP contribution < -0.4 is 0 Å². The third kappa shape index (κ3) is 12.2. The summed E-state index contributed by atoms with van der Waals surface area (Å²) < 4.78 is 407. The second-order valence-corrected chi connectivity index (χ2v) is 32.1. The van der Waals surface area contributed by atoms with E-state index in [4.69, 9.17) is 67.0 Å². The van der Waals surface area contributed by atoms with Crippen molar-refractivity contribution in [1.29, 1.82) is 0 Å². The lowest BCUT2D eigenvalue weighted by atomic mass is 9.81. The molecule has 38 heteroatoms. The van der Waals surface area contributed by atoms with Crippen molar-refractivity contribution in [3.8, 4) is 44.5 Å². The SMILES string of the molecule is CC1(C)O[C@@H]2[C@H](O1)[C@H]1OC(C)(C)O[C@H]1O[C@@H]2[C@@H]1[C@H]2c3nc(c(-c4c(F)c(F)c(F)c(F)c4F)c4ccc([nH]4)c(-c4c(F)c(F)c(F)c(F)c4F)c4nc(c(-c5c(F)c(F)c(F)c(F)c5F)c5ccc([nH]5)c3-c3c(F)c(F)c(F)c(F)c3F)[C@H]3ON(Cc5ccccc5)[C@H]([C@H]5O[C@@H]6OC(C)(C)O[C@@H]6[C@H]6OC(C)(C)O[C@H]65)[C@@H]43)[C@H]2ON1Cc1ccccc1. The molecule has 630 valence electrons. The molecule has 0 aliphatic carbocycles. The third-order valence-corrected chi connectivity index (χ3v) is 22.9. The number of ether oxygens (including phenoxy) is 10. The molecular weight excluding hydrogens is 1640 g/mol. The first-order valence-electron chi connectivity index (χ1n) is 37.3. The Balaban J connectivity index is 1.02. The van der Waals surface area contributed by atoms with Gasteiger partial charge in [0.25, 0.3) is 0 Å². The molecule has 13 heterocycles. The monoisotopic (exact) mass is 1700 g/mol. The van der Waals surface area contributed by atoms with Crippen LogP contribution in [0.15, 0.2) is 84.9 Å². The maximum Gasteiger partial charge on any atom is 0.200 e. The minimum atomic E-state index is -2.81. The van der Waals surface area contributed by atoms with E-state index in [1.807, 2.05) is 0 Å². The van der Waals surface area contributed by atoms with Crippen LogP contribution in [0.25, 0.3) is 66.6 Å². The van der Waals surface area contributed by atoms with Crippen LogP contribution in [-0.4, -0.2) is 127 Å². The van der Waals surface area contributed by atoms with Gasteiger partial charge in [-0.1, -0.05) is 60.7 Å². The van der Waals surface area contributed by atoms with E-state index in [0.717, 1.165) is 10.1 Å². The summed E-state index contributed by atoms with van der Waals surface area (Å²) in [4.78, 5) is 28.5. The molecule has 6 aromatic carbocycles. The highest BCUT2D eigenvalue weighted by atomic mass is 19.2. The Labute approximate surface area is 663 Å². The van der Waals surface area contributed by atoms with E-state index in [1.54, 1.807) is 12.1 Å². The predicted molar refractivity (Wildman–Crippen MR) is 372 cm³/mol. The van der Waals surface area contributed by atoms with Crippen LogP contribution >= 0.6 is 0 Å². The molecule has 120 heavy (non-hydrogen) atoms. The average molecular weight is 1700 g/mol. The van der Waals surface area contributed by atoms with Gasteiger partial charge in [0.1, 0.15) is 61.0 Å². The molecule has 0 radical (unpaired) electrons. The van der Waals surface area contributed by atoms with Gasteiger partial charge in [-0.2, -0.15) is 10.1 Å². The molecule has 3 aromatic heterocycles. The van der Waals surface area contributed by atoms with E-state index in [9.17, 15) is 0 Å². The van der Waals surface area contributed by atoms with E-state index < -0.39 is 339 Å². The van der Waals surface area contributed by atoms with Gasteiger partial charge in [0.05, 0.1) is 68.9 Å². The van der Waals surface area contributed by atoms with Gasteiger partial charge in [-0.15, -0.1) is 0 Å². The first-order chi connectivity index (χ1) is 56.7. The molecule has 10 aliphatic rings. The number of aromatic amines is 2. The Bertz CT molecular complexity index is 5550. The summed E-state index contributed by atoms with van der Waals surface area (Å²) in [5.74, 6) is -65.8. The maximum atomic E-state index is 18.0. The highest BCUT2D eigenvalue weighted by molar-refractivity contribution is 5.94. The number of halogens is 20. The van der Waals surface area contributed by atoms with Gasteiger partial charge >= 0.3 is 0 Å². The van der Waals surface area contributed by atoms with Crippen LogP contribution in [-0.2, 0) is 70.1 Å². The topological polar surface area (TPSA) is 175 Å². The second-order valence-electron chi connectivity index (χ2n) is 32.1. The van der Waals surface area contributed by atoms with Crippen molar-refractivity contribution in [2.24, 2.45) is 0 Å². The fourth-order valence-corrected chi connectivity index (χ4v) is 18.4. The number of rotatable bonds is 10. The average Bonchev–Trinajstić information content (AvgIpc) is 1.53. The first-order valence-corrected chi connectivity index (χ1v) is 37.3. The molecule has 0 saturated carbocycles. The van der Waals surface area contributed by atoms with E-state index >= 15 is 87.8 Å². The zero-order valence-electron chi connectivity index (χ0n) is 63.0. The lowest BCUT2D eigenvalue weighted by Crippen LogP contribution is -2.61. The van der Waals surface area contributed by atoms with Crippen molar-refractivity contribution < 1.29 is 145 Å². The van der Waals surface area contributed by atoms with Crippen molar-refractivity contribution in [2.75, 3.05) is 0 Å². The van der Waals surface area contributed by atoms with Crippen molar-refractivity contribution in [1.82, 2.24) is 30.1 Å².